The molecule has 4 aliphatic carbocycles. The second-order valence-corrected chi connectivity index (χ2v) is 11.1. The number of rotatable bonds is 3. The van der Waals surface area contributed by atoms with Crippen molar-refractivity contribution >= 4 is 40.0 Å². The minimum atomic E-state index is -0.274. The van der Waals surface area contributed by atoms with E-state index in [1.807, 2.05) is 4.57 Å². The molecule has 0 radical (unpaired) electrons. The van der Waals surface area contributed by atoms with Crippen LogP contribution in [0.2, 0.25) is 5.02 Å². The van der Waals surface area contributed by atoms with Crippen LogP contribution in [0.4, 0.5) is 11.6 Å². The van der Waals surface area contributed by atoms with Crippen LogP contribution >= 0.6 is 11.6 Å². The molecule has 10 nitrogen and oxygen atoms in total. The lowest BCUT2D eigenvalue weighted by Crippen LogP contribution is -2.67. The lowest BCUT2D eigenvalue weighted by atomic mass is 9.31. The van der Waals surface area contributed by atoms with E-state index in [0.717, 1.165) is 32.1 Å². The molecule has 4 heterocycles. The molecule has 4 aromatic heterocycles. The van der Waals surface area contributed by atoms with Crippen molar-refractivity contribution in [2.24, 2.45) is 29.7 Å². The van der Waals surface area contributed by atoms with Gasteiger partial charge in [0, 0.05) is 13.1 Å². The summed E-state index contributed by atoms with van der Waals surface area (Å²) in [5.41, 5.74) is 2.18. The fraction of sp³-hybridized carbons (Fsp3) is 0.478. The van der Waals surface area contributed by atoms with Crippen molar-refractivity contribution in [3.63, 3.8) is 0 Å². The van der Waals surface area contributed by atoms with Gasteiger partial charge in [0.15, 0.2) is 11.3 Å². The maximum atomic E-state index is 13.5. The Morgan fingerprint density at radius 1 is 1.24 bits per heavy atom. The first-order chi connectivity index (χ1) is 16.4. The number of aryl methyl sites for hydroxylation is 1. The Balaban J connectivity index is 1.25. The van der Waals surface area contributed by atoms with Crippen molar-refractivity contribution in [1.29, 1.82) is 5.26 Å². The largest absolute Gasteiger partial charge is 0.330 e. The molecular formula is C23H20ClN9O. The number of fused-ring (bicyclic) bond motifs is 3. The van der Waals surface area contributed by atoms with Gasteiger partial charge in [-0.05, 0) is 49.4 Å². The fourth-order valence-electron chi connectivity index (χ4n) is 8.28. The van der Waals surface area contributed by atoms with Crippen molar-refractivity contribution in [3.05, 3.63) is 40.3 Å². The van der Waals surface area contributed by atoms with Crippen LogP contribution in [0.1, 0.15) is 32.1 Å². The van der Waals surface area contributed by atoms with Gasteiger partial charge in [-0.1, -0.05) is 11.6 Å². The average Bonchev–Trinajstić information content (AvgIpc) is 3.52. The third-order valence-electron chi connectivity index (χ3n) is 9.51. The number of halogens is 1. The second-order valence-electron chi connectivity index (χ2n) is 10.6. The van der Waals surface area contributed by atoms with E-state index in [1.54, 1.807) is 34.6 Å². The minimum absolute atomic E-state index is 0.0647. The van der Waals surface area contributed by atoms with Crippen molar-refractivity contribution in [3.8, 4) is 6.07 Å². The van der Waals surface area contributed by atoms with Crippen molar-refractivity contribution in [1.82, 2.24) is 33.7 Å². The predicted molar refractivity (Wildman–Crippen MR) is 123 cm³/mol. The van der Waals surface area contributed by atoms with Gasteiger partial charge in [-0.15, -0.1) is 0 Å². The second kappa shape index (κ2) is 5.61. The van der Waals surface area contributed by atoms with E-state index in [4.69, 9.17) is 16.6 Å². The first-order valence-corrected chi connectivity index (χ1v) is 11.9. The summed E-state index contributed by atoms with van der Waals surface area (Å²) in [4.78, 5) is 26.9. The number of anilines is 2. The lowest BCUT2D eigenvalue weighted by Gasteiger charge is -2.71. The zero-order chi connectivity index (χ0) is 23.0. The van der Waals surface area contributed by atoms with Crippen LogP contribution in [-0.4, -0.2) is 33.7 Å². The molecule has 11 heteroatoms. The lowest BCUT2D eigenvalue weighted by molar-refractivity contribution is -0.226. The summed E-state index contributed by atoms with van der Waals surface area (Å²) >= 11 is 6.44. The monoisotopic (exact) mass is 473 g/mol. The standard InChI is InChI=1S/C23H20ClN9O/c1-31-16-7-26-19(29-15-8-32-17(2-14(15)24)27-11-28-32)30-18(16)33(20(31)34)22-5-12-3-21(10-25)4-13(6-22)23(12,21)9-22/h2,7-8,11-13H,3-6,9H2,1H3,(H,26,29,30). The normalized spacial score (nSPS) is 34.6. The van der Waals surface area contributed by atoms with Gasteiger partial charge >= 0.3 is 5.69 Å². The molecule has 1 N–H and O–H groups in total. The van der Waals surface area contributed by atoms with Crippen LogP contribution in [0.3, 0.4) is 0 Å². The maximum absolute atomic E-state index is 13.5. The number of hydrogen-bond donors (Lipinski definition) is 1. The average molecular weight is 474 g/mol. The number of nitriles is 1. The highest BCUT2D eigenvalue weighted by Gasteiger charge is 2.85. The number of nitrogens with one attached hydrogen (secondary N) is 1. The number of hydrogen-bond acceptors (Lipinski definition) is 7. The molecule has 2 atom stereocenters. The minimum Gasteiger partial charge on any atom is -0.322 e. The fourth-order valence-corrected chi connectivity index (χ4v) is 8.48. The molecule has 4 aromatic rings. The van der Waals surface area contributed by atoms with Gasteiger partial charge in [0.05, 0.1) is 40.1 Å². The van der Waals surface area contributed by atoms with Gasteiger partial charge < -0.3 is 5.32 Å². The van der Waals surface area contributed by atoms with Crippen LogP contribution in [0, 0.1) is 34.0 Å². The summed E-state index contributed by atoms with van der Waals surface area (Å²) in [7, 11) is 1.77. The van der Waals surface area contributed by atoms with Crippen molar-refractivity contribution < 1.29 is 0 Å². The molecule has 0 saturated heterocycles. The number of nitrogens with zero attached hydrogens (tertiary/aromatic N) is 8. The van der Waals surface area contributed by atoms with E-state index in [0.29, 0.717) is 45.3 Å². The van der Waals surface area contributed by atoms with E-state index in [1.165, 1.54) is 6.33 Å². The summed E-state index contributed by atoms with van der Waals surface area (Å²) in [5, 5.41) is 17.7. The molecule has 0 aliphatic heterocycles. The molecule has 8 rings (SSSR count). The van der Waals surface area contributed by atoms with E-state index >= 15 is 0 Å². The quantitative estimate of drug-likeness (QED) is 0.485. The highest BCUT2D eigenvalue weighted by molar-refractivity contribution is 6.33. The first kappa shape index (κ1) is 18.9. The van der Waals surface area contributed by atoms with Crippen LogP contribution in [0.15, 0.2) is 29.6 Å². The Labute approximate surface area is 198 Å². The molecule has 0 amide bonds. The molecule has 2 bridgehead atoms. The molecule has 1 spiro atoms. The van der Waals surface area contributed by atoms with Crippen LogP contribution in [0.25, 0.3) is 16.8 Å². The molecule has 2 unspecified atom stereocenters. The van der Waals surface area contributed by atoms with Gasteiger partial charge in [0.1, 0.15) is 11.8 Å². The molecule has 34 heavy (non-hydrogen) atoms. The third kappa shape index (κ3) is 1.87. The number of aromatic nitrogens is 7. The number of imidazole rings is 1. The summed E-state index contributed by atoms with van der Waals surface area (Å²) in [6, 6.07) is 4.38. The highest BCUT2D eigenvalue weighted by Crippen LogP contribution is 2.88. The molecule has 0 aromatic carbocycles. The zero-order valence-corrected chi connectivity index (χ0v) is 19.1. The van der Waals surface area contributed by atoms with Crippen LogP contribution in [-0.2, 0) is 12.6 Å². The Hall–Kier alpha value is -3.45. The zero-order valence-electron chi connectivity index (χ0n) is 18.4. The van der Waals surface area contributed by atoms with E-state index in [2.05, 4.69) is 26.5 Å². The summed E-state index contributed by atoms with van der Waals surface area (Å²) in [6.07, 6.45) is 9.65. The summed E-state index contributed by atoms with van der Waals surface area (Å²) in [5.74, 6) is 1.43. The topological polar surface area (TPSA) is 119 Å². The molecule has 4 fully saturated rings. The summed E-state index contributed by atoms with van der Waals surface area (Å²) < 4.78 is 5.18. The van der Waals surface area contributed by atoms with Gasteiger partial charge in [0.25, 0.3) is 0 Å². The SMILES string of the molecule is Cn1c(=O)n(C23CC4CC5(C#N)CC(C2)C45C3)c2nc(Nc3cn4ncnc4cc3Cl)ncc21. The predicted octanol–water partition coefficient (Wildman–Crippen LogP) is 3.00. The van der Waals surface area contributed by atoms with E-state index < -0.39 is 0 Å². The van der Waals surface area contributed by atoms with E-state index in [9.17, 15) is 10.1 Å². The Kier molecular flexibility index (Phi) is 3.12. The van der Waals surface area contributed by atoms with Gasteiger partial charge in [-0.25, -0.2) is 19.3 Å². The van der Waals surface area contributed by atoms with Gasteiger partial charge in [-0.3, -0.25) is 9.13 Å². The van der Waals surface area contributed by atoms with Gasteiger partial charge in [0.2, 0.25) is 5.95 Å². The van der Waals surface area contributed by atoms with Crippen molar-refractivity contribution in [2.75, 3.05) is 5.32 Å². The van der Waals surface area contributed by atoms with Crippen LogP contribution in [0.5, 0.6) is 0 Å². The Bertz CT molecular complexity index is 1660. The number of pyridine rings is 1. The first-order valence-electron chi connectivity index (χ1n) is 11.5. The molecular weight excluding hydrogens is 454 g/mol. The molecule has 4 saturated carbocycles. The maximum Gasteiger partial charge on any atom is 0.330 e. The summed E-state index contributed by atoms with van der Waals surface area (Å²) in [6.45, 7) is 0. The highest BCUT2D eigenvalue weighted by atomic mass is 35.5. The molecule has 170 valence electrons. The smallest absolute Gasteiger partial charge is 0.322 e. The van der Waals surface area contributed by atoms with Crippen molar-refractivity contribution in [2.45, 2.75) is 37.6 Å². The van der Waals surface area contributed by atoms with Gasteiger partial charge in [-0.2, -0.15) is 15.3 Å². The molecule has 4 aliphatic rings. The Morgan fingerprint density at radius 2 is 2.03 bits per heavy atom. The third-order valence-corrected chi connectivity index (χ3v) is 9.83. The van der Waals surface area contributed by atoms with Crippen LogP contribution < -0.4 is 11.0 Å². The van der Waals surface area contributed by atoms with E-state index in [-0.39, 0.29) is 22.1 Å². The Morgan fingerprint density at radius 3 is 2.79 bits per heavy atom.